The minimum atomic E-state index is 0. The lowest BCUT2D eigenvalue weighted by Gasteiger charge is -2.36. The summed E-state index contributed by atoms with van der Waals surface area (Å²) in [5.41, 5.74) is 1.01. The number of hydrogen-bond donors (Lipinski definition) is 2. The number of halogens is 2. The smallest absolute Gasteiger partial charge is 0.131 e. The van der Waals surface area contributed by atoms with E-state index in [0.29, 0.717) is 11.5 Å². The Morgan fingerprint density at radius 3 is 2.21 bits per heavy atom. The van der Waals surface area contributed by atoms with Crippen molar-refractivity contribution in [3.63, 3.8) is 0 Å². The van der Waals surface area contributed by atoms with Crippen LogP contribution >= 0.6 is 24.8 Å². The fourth-order valence-corrected chi connectivity index (χ4v) is 3.03. The second-order valence-corrected chi connectivity index (χ2v) is 5.43. The molecule has 1 aliphatic rings. The van der Waals surface area contributed by atoms with Crippen molar-refractivity contribution in [3.05, 3.63) is 30.4 Å². The largest absolute Gasteiger partial charge is 0.508 e. The number of rotatable bonds is 7. The summed E-state index contributed by atoms with van der Waals surface area (Å²) in [6.45, 7) is 7.76. The van der Waals surface area contributed by atoms with Crippen LogP contribution in [0.25, 0.3) is 0 Å². The van der Waals surface area contributed by atoms with Gasteiger partial charge in [-0.3, -0.25) is 4.90 Å². The number of methoxy groups -OCH3 is 2. The molecule has 2 rings (SSSR count). The zero-order valence-electron chi connectivity index (χ0n) is 14.3. The minimum absolute atomic E-state index is 0. The van der Waals surface area contributed by atoms with Crippen molar-refractivity contribution in [1.82, 2.24) is 10.2 Å². The summed E-state index contributed by atoms with van der Waals surface area (Å²) in [6, 6.07) is 3.49. The molecular weight excluding hydrogens is 351 g/mol. The van der Waals surface area contributed by atoms with E-state index in [0.717, 1.165) is 44.6 Å². The molecule has 0 unspecified atom stereocenters. The van der Waals surface area contributed by atoms with Gasteiger partial charge in [0, 0.05) is 44.4 Å². The van der Waals surface area contributed by atoms with E-state index in [1.54, 1.807) is 26.4 Å². The molecule has 138 valence electrons. The molecule has 0 bridgehead atoms. The van der Waals surface area contributed by atoms with Gasteiger partial charge in [0.1, 0.15) is 17.2 Å². The number of nitrogens with zero attached hydrogens (tertiary/aromatic N) is 1. The van der Waals surface area contributed by atoms with Crippen LogP contribution in [-0.2, 0) is 0 Å². The first kappa shape index (κ1) is 22.9. The summed E-state index contributed by atoms with van der Waals surface area (Å²) in [5.74, 6) is 1.49. The van der Waals surface area contributed by atoms with Crippen LogP contribution in [0.4, 0.5) is 0 Å². The van der Waals surface area contributed by atoms with Gasteiger partial charge in [0.2, 0.25) is 0 Å². The first-order chi connectivity index (χ1) is 10.7. The Morgan fingerprint density at radius 2 is 1.75 bits per heavy atom. The number of allylic oxidation sites excluding steroid dienone is 1. The van der Waals surface area contributed by atoms with E-state index in [4.69, 9.17) is 9.47 Å². The highest BCUT2D eigenvalue weighted by Gasteiger charge is 2.28. The number of nitrogens with one attached hydrogen (secondary N) is 1. The van der Waals surface area contributed by atoms with E-state index in [2.05, 4.69) is 16.8 Å². The molecular formula is C17H28Cl2N2O3. The summed E-state index contributed by atoms with van der Waals surface area (Å²) in [4.78, 5) is 2.44. The van der Waals surface area contributed by atoms with Gasteiger partial charge in [-0.15, -0.1) is 31.4 Å². The average Bonchev–Trinajstić information content (AvgIpc) is 2.56. The molecule has 24 heavy (non-hydrogen) atoms. The number of hydrogen-bond acceptors (Lipinski definition) is 5. The lowest BCUT2D eigenvalue weighted by Crippen LogP contribution is -2.45. The number of benzene rings is 1. The fraction of sp³-hybridized carbons (Fsp3) is 0.529. The van der Waals surface area contributed by atoms with Gasteiger partial charge in [-0.25, -0.2) is 0 Å². The number of phenolic OH excluding ortho intramolecular Hbond substituents is 1. The summed E-state index contributed by atoms with van der Waals surface area (Å²) in [7, 11) is 3.25. The molecule has 2 N–H and O–H groups in total. The van der Waals surface area contributed by atoms with Crippen molar-refractivity contribution in [2.24, 2.45) is 0 Å². The van der Waals surface area contributed by atoms with E-state index in [1.807, 2.05) is 6.08 Å². The first-order valence-corrected chi connectivity index (χ1v) is 7.71. The number of piperazine rings is 1. The summed E-state index contributed by atoms with van der Waals surface area (Å²) < 4.78 is 11.0. The molecule has 0 saturated carbocycles. The van der Waals surface area contributed by atoms with Crippen molar-refractivity contribution in [2.45, 2.75) is 18.9 Å². The lowest BCUT2D eigenvalue weighted by molar-refractivity contribution is 0.160. The molecule has 0 amide bonds. The fourth-order valence-electron chi connectivity index (χ4n) is 3.03. The number of ether oxygens (including phenoxy) is 2. The zero-order chi connectivity index (χ0) is 15.9. The van der Waals surface area contributed by atoms with Gasteiger partial charge in [0.15, 0.2) is 0 Å². The molecule has 0 aliphatic carbocycles. The summed E-state index contributed by atoms with van der Waals surface area (Å²) in [5, 5.41) is 13.2. The Hall–Kier alpha value is -1.14. The molecule has 1 aromatic rings. The normalized spacial score (nSPS) is 15.6. The molecule has 0 radical (unpaired) electrons. The maximum Gasteiger partial charge on any atom is 0.131 e. The van der Waals surface area contributed by atoms with Gasteiger partial charge in [0.25, 0.3) is 0 Å². The van der Waals surface area contributed by atoms with Crippen LogP contribution in [0.3, 0.4) is 0 Å². The second kappa shape index (κ2) is 11.4. The topological polar surface area (TPSA) is 54.0 Å². The third kappa shape index (κ3) is 5.45. The molecule has 7 heteroatoms. The standard InChI is InChI=1S/C17H26N2O3.2ClH/c1-4-5-6-14(19-9-7-18-8-10-19)17-15(21-2)11-13(20)12-16(17)22-3;;/h4,11-12,14,18,20H,1,5-10H2,2-3H3;2*1H/t14-;;/m0../s1. The van der Waals surface area contributed by atoms with E-state index >= 15 is 0 Å². The zero-order valence-corrected chi connectivity index (χ0v) is 15.9. The molecule has 1 aromatic carbocycles. The van der Waals surface area contributed by atoms with Crippen LogP contribution < -0.4 is 14.8 Å². The molecule has 1 fully saturated rings. The van der Waals surface area contributed by atoms with Crippen LogP contribution in [0.2, 0.25) is 0 Å². The molecule has 1 atom stereocenters. The van der Waals surface area contributed by atoms with E-state index < -0.39 is 0 Å². The molecule has 5 nitrogen and oxygen atoms in total. The Labute approximate surface area is 156 Å². The Morgan fingerprint density at radius 1 is 1.21 bits per heavy atom. The van der Waals surface area contributed by atoms with E-state index in [1.165, 1.54) is 0 Å². The van der Waals surface area contributed by atoms with Gasteiger partial charge in [0.05, 0.1) is 19.8 Å². The predicted octanol–water partition coefficient (Wildman–Crippen LogP) is 3.17. The van der Waals surface area contributed by atoms with Gasteiger partial charge in [-0.05, 0) is 12.8 Å². The van der Waals surface area contributed by atoms with E-state index in [9.17, 15) is 5.11 Å². The third-order valence-corrected chi connectivity index (χ3v) is 4.10. The van der Waals surface area contributed by atoms with Crippen LogP contribution in [0.5, 0.6) is 17.2 Å². The molecule has 0 aromatic heterocycles. The van der Waals surface area contributed by atoms with Crippen molar-refractivity contribution in [2.75, 3.05) is 40.4 Å². The molecule has 1 aliphatic heterocycles. The highest BCUT2D eigenvalue weighted by atomic mass is 35.5. The van der Waals surface area contributed by atoms with Crippen LogP contribution in [-0.4, -0.2) is 50.4 Å². The van der Waals surface area contributed by atoms with Gasteiger partial charge in [-0.2, -0.15) is 0 Å². The maximum atomic E-state index is 9.85. The van der Waals surface area contributed by atoms with Gasteiger partial charge < -0.3 is 19.9 Å². The molecule has 1 heterocycles. The quantitative estimate of drug-likeness (QED) is 0.713. The van der Waals surface area contributed by atoms with Gasteiger partial charge in [-0.1, -0.05) is 6.08 Å². The highest BCUT2D eigenvalue weighted by molar-refractivity contribution is 5.85. The van der Waals surface area contributed by atoms with Crippen LogP contribution in [0.1, 0.15) is 24.4 Å². The second-order valence-electron chi connectivity index (χ2n) is 5.43. The first-order valence-electron chi connectivity index (χ1n) is 7.71. The van der Waals surface area contributed by atoms with Gasteiger partial charge >= 0.3 is 0 Å². The Kier molecular flexibility index (Phi) is 10.9. The third-order valence-electron chi connectivity index (χ3n) is 4.10. The van der Waals surface area contributed by atoms with Crippen LogP contribution in [0, 0.1) is 0 Å². The van der Waals surface area contributed by atoms with Crippen molar-refractivity contribution in [3.8, 4) is 17.2 Å². The summed E-state index contributed by atoms with van der Waals surface area (Å²) >= 11 is 0. The number of aromatic hydroxyl groups is 1. The average molecular weight is 379 g/mol. The van der Waals surface area contributed by atoms with Crippen molar-refractivity contribution < 1.29 is 14.6 Å². The predicted molar refractivity (Wildman–Crippen MR) is 102 cm³/mol. The lowest BCUT2D eigenvalue weighted by atomic mass is 9.97. The summed E-state index contributed by atoms with van der Waals surface area (Å²) in [6.07, 6.45) is 3.80. The maximum absolute atomic E-state index is 9.85. The van der Waals surface area contributed by atoms with Crippen molar-refractivity contribution in [1.29, 1.82) is 0 Å². The molecule has 1 saturated heterocycles. The minimum Gasteiger partial charge on any atom is -0.508 e. The van der Waals surface area contributed by atoms with Crippen LogP contribution in [0.15, 0.2) is 24.8 Å². The SMILES string of the molecule is C=CCC[C@@H](c1c(OC)cc(O)cc1OC)N1CCNCC1.Cl.Cl. The number of phenols is 1. The van der Waals surface area contributed by atoms with Crippen molar-refractivity contribution >= 4 is 24.8 Å². The monoisotopic (exact) mass is 378 g/mol. The molecule has 0 spiro atoms. The highest BCUT2D eigenvalue weighted by Crippen LogP contribution is 2.42. The Balaban J connectivity index is 0.00000264. The van der Waals surface area contributed by atoms with E-state index in [-0.39, 0.29) is 36.6 Å². The Bertz CT molecular complexity index is 484.